The Morgan fingerprint density at radius 1 is 1.09 bits per heavy atom. The Kier molecular flexibility index (Phi) is 3.37. The molecule has 1 fully saturated rings. The van der Waals surface area contributed by atoms with Gasteiger partial charge in [-0.15, -0.1) is 10.2 Å². The highest BCUT2D eigenvalue weighted by molar-refractivity contribution is 6.30. The molecule has 114 valence electrons. The highest BCUT2D eigenvalue weighted by atomic mass is 35.5. The maximum Gasteiger partial charge on any atom is 0.203 e. The van der Waals surface area contributed by atoms with Gasteiger partial charge >= 0.3 is 0 Å². The number of halogens is 1. The number of hydrogen-bond acceptors (Lipinski definition) is 4. The van der Waals surface area contributed by atoms with Crippen molar-refractivity contribution in [3.8, 4) is 5.69 Å². The lowest BCUT2D eigenvalue weighted by Gasteiger charge is -2.28. The molecule has 0 amide bonds. The zero-order valence-corrected chi connectivity index (χ0v) is 13.3. The van der Waals surface area contributed by atoms with E-state index in [9.17, 15) is 0 Å². The second kappa shape index (κ2) is 5.39. The van der Waals surface area contributed by atoms with E-state index in [-0.39, 0.29) is 0 Å². The van der Waals surface area contributed by atoms with E-state index >= 15 is 0 Å². The predicted octanol–water partition coefficient (Wildman–Crippen LogP) is 2.98. The van der Waals surface area contributed by atoms with Crippen LogP contribution in [0.3, 0.4) is 0 Å². The van der Waals surface area contributed by atoms with Crippen molar-refractivity contribution < 1.29 is 0 Å². The van der Waals surface area contributed by atoms with Gasteiger partial charge in [-0.3, -0.25) is 9.56 Å². The summed E-state index contributed by atoms with van der Waals surface area (Å²) in [4.78, 5) is 7.19. The summed E-state index contributed by atoms with van der Waals surface area (Å²) in [6.45, 7) is 4.70. The molecule has 0 N–H and O–H groups in total. The van der Waals surface area contributed by atoms with Crippen LogP contribution < -0.4 is 0 Å². The van der Waals surface area contributed by atoms with Gasteiger partial charge in [-0.1, -0.05) is 11.6 Å². The van der Waals surface area contributed by atoms with Gasteiger partial charge in [-0.2, -0.15) is 0 Å². The number of aromatic nitrogens is 3. The highest BCUT2D eigenvalue weighted by Gasteiger charge is 2.26. The standard InChI is InChI=1S/C16H18ClN5/c1-11-19-20-16-15(21-7-3-2-4-8-21)18-10-12-9-13(17)5-6-14(12)22(11)16/h5-6,9H,2-4,7-8,10H2,1H3. The summed E-state index contributed by atoms with van der Waals surface area (Å²) in [5.41, 5.74) is 2.20. The van der Waals surface area contributed by atoms with Crippen molar-refractivity contribution >= 4 is 17.4 Å². The third-order valence-corrected chi connectivity index (χ3v) is 4.60. The average Bonchev–Trinajstić information content (AvgIpc) is 2.82. The summed E-state index contributed by atoms with van der Waals surface area (Å²) in [5.74, 6) is 2.69. The summed E-state index contributed by atoms with van der Waals surface area (Å²) in [6.07, 6.45) is 3.72. The SMILES string of the molecule is Cc1nnc2n1-c1ccc(Cl)cc1CN=C2N1CCCCC1. The van der Waals surface area contributed by atoms with Gasteiger partial charge in [0.1, 0.15) is 5.82 Å². The molecule has 0 bridgehead atoms. The van der Waals surface area contributed by atoms with Crippen LogP contribution in [-0.2, 0) is 6.54 Å². The number of nitrogens with zero attached hydrogens (tertiary/aromatic N) is 5. The molecule has 0 spiro atoms. The Bertz CT molecular complexity index is 743. The third-order valence-electron chi connectivity index (χ3n) is 4.36. The molecule has 2 aliphatic rings. The van der Waals surface area contributed by atoms with Crippen molar-refractivity contribution in [2.45, 2.75) is 32.7 Å². The molecule has 1 aromatic carbocycles. The summed E-state index contributed by atoms with van der Waals surface area (Å²) >= 11 is 6.16. The number of hydrogen-bond donors (Lipinski definition) is 0. The van der Waals surface area contributed by atoms with Gasteiger partial charge in [0, 0.05) is 18.1 Å². The van der Waals surface area contributed by atoms with Crippen LogP contribution in [0.15, 0.2) is 23.2 Å². The fraction of sp³-hybridized carbons (Fsp3) is 0.438. The van der Waals surface area contributed by atoms with E-state index in [1.54, 1.807) is 0 Å². The van der Waals surface area contributed by atoms with Gasteiger partial charge in [-0.25, -0.2) is 0 Å². The number of fused-ring (bicyclic) bond motifs is 3. The zero-order valence-electron chi connectivity index (χ0n) is 12.6. The molecule has 0 unspecified atom stereocenters. The van der Waals surface area contributed by atoms with Crippen molar-refractivity contribution in [1.82, 2.24) is 19.7 Å². The fourth-order valence-corrected chi connectivity index (χ4v) is 3.47. The molecule has 0 radical (unpaired) electrons. The quantitative estimate of drug-likeness (QED) is 0.751. The minimum atomic E-state index is 0.629. The molecule has 5 nitrogen and oxygen atoms in total. The summed E-state index contributed by atoms with van der Waals surface area (Å²) < 4.78 is 2.10. The van der Waals surface area contributed by atoms with E-state index in [0.29, 0.717) is 6.54 Å². The Hall–Kier alpha value is -1.88. The number of piperidine rings is 1. The molecular weight excluding hydrogens is 298 g/mol. The molecule has 2 aliphatic heterocycles. The number of rotatable bonds is 0. The smallest absolute Gasteiger partial charge is 0.203 e. The van der Waals surface area contributed by atoms with Crippen LogP contribution in [0, 0.1) is 6.92 Å². The molecule has 0 saturated carbocycles. The topological polar surface area (TPSA) is 46.3 Å². The molecule has 3 heterocycles. The first-order chi connectivity index (χ1) is 10.7. The fourth-order valence-electron chi connectivity index (χ4n) is 3.27. The van der Waals surface area contributed by atoms with E-state index in [1.807, 2.05) is 25.1 Å². The van der Waals surface area contributed by atoms with Gasteiger partial charge in [0.25, 0.3) is 0 Å². The summed E-state index contributed by atoms with van der Waals surface area (Å²) in [5, 5.41) is 9.42. The molecule has 0 aliphatic carbocycles. The Morgan fingerprint density at radius 3 is 2.73 bits per heavy atom. The maximum absolute atomic E-state index is 6.16. The molecule has 22 heavy (non-hydrogen) atoms. The Balaban J connectivity index is 1.86. The molecule has 4 rings (SSSR count). The largest absolute Gasteiger partial charge is 0.354 e. The van der Waals surface area contributed by atoms with Crippen molar-refractivity contribution in [2.75, 3.05) is 13.1 Å². The lowest BCUT2D eigenvalue weighted by atomic mass is 10.1. The first-order valence-corrected chi connectivity index (χ1v) is 8.12. The number of benzene rings is 1. The predicted molar refractivity (Wildman–Crippen MR) is 86.8 cm³/mol. The second-order valence-corrected chi connectivity index (χ2v) is 6.30. The van der Waals surface area contributed by atoms with Crippen LogP contribution in [-0.4, -0.2) is 38.6 Å². The zero-order chi connectivity index (χ0) is 15.1. The van der Waals surface area contributed by atoms with E-state index < -0.39 is 0 Å². The van der Waals surface area contributed by atoms with Crippen molar-refractivity contribution in [1.29, 1.82) is 0 Å². The van der Waals surface area contributed by atoms with Gasteiger partial charge < -0.3 is 4.90 Å². The number of amidine groups is 1. The minimum Gasteiger partial charge on any atom is -0.354 e. The van der Waals surface area contributed by atoms with E-state index in [1.165, 1.54) is 19.3 Å². The summed E-state index contributed by atoms with van der Waals surface area (Å²) in [6, 6.07) is 5.93. The average molecular weight is 316 g/mol. The van der Waals surface area contributed by atoms with Crippen molar-refractivity contribution in [3.05, 3.63) is 40.4 Å². The van der Waals surface area contributed by atoms with Crippen molar-refractivity contribution in [3.63, 3.8) is 0 Å². The molecule has 6 heteroatoms. The second-order valence-electron chi connectivity index (χ2n) is 5.87. The number of aliphatic imine (C=N–C) groups is 1. The van der Waals surface area contributed by atoms with Crippen LogP contribution >= 0.6 is 11.6 Å². The van der Waals surface area contributed by atoms with Crippen molar-refractivity contribution in [2.24, 2.45) is 4.99 Å². The first kappa shape index (κ1) is 13.8. The Morgan fingerprint density at radius 2 is 1.91 bits per heavy atom. The van der Waals surface area contributed by atoms with Gasteiger partial charge in [0.15, 0.2) is 5.84 Å². The minimum absolute atomic E-state index is 0.629. The highest BCUT2D eigenvalue weighted by Crippen LogP contribution is 2.27. The molecule has 0 atom stereocenters. The lowest BCUT2D eigenvalue weighted by Crippen LogP contribution is -2.37. The van der Waals surface area contributed by atoms with Gasteiger partial charge in [0.2, 0.25) is 5.82 Å². The van der Waals surface area contributed by atoms with E-state index in [4.69, 9.17) is 16.6 Å². The number of likely N-dealkylation sites (tertiary alicyclic amines) is 1. The molecular formula is C16H18ClN5. The van der Waals surface area contributed by atoms with Gasteiger partial charge in [0.05, 0.1) is 12.2 Å². The summed E-state index contributed by atoms with van der Waals surface area (Å²) in [7, 11) is 0. The van der Waals surface area contributed by atoms with Crippen LogP contribution in [0.25, 0.3) is 5.69 Å². The normalized spacial score (nSPS) is 17.5. The van der Waals surface area contributed by atoms with Crippen LogP contribution in [0.4, 0.5) is 0 Å². The lowest BCUT2D eigenvalue weighted by molar-refractivity contribution is 0.340. The van der Waals surface area contributed by atoms with E-state index in [0.717, 1.165) is 46.8 Å². The Labute approximate surface area is 134 Å². The molecule has 2 aromatic rings. The monoisotopic (exact) mass is 315 g/mol. The number of aryl methyl sites for hydroxylation is 1. The van der Waals surface area contributed by atoms with Crippen LogP contribution in [0.5, 0.6) is 0 Å². The van der Waals surface area contributed by atoms with Gasteiger partial charge in [-0.05, 0) is 49.9 Å². The van der Waals surface area contributed by atoms with Crippen LogP contribution in [0.2, 0.25) is 5.02 Å². The first-order valence-electron chi connectivity index (χ1n) is 7.74. The third kappa shape index (κ3) is 2.20. The van der Waals surface area contributed by atoms with Crippen LogP contribution in [0.1, 0.15) is 36.5 Å². The molecule has 1 aromatic heterocycles. The molecule has 1 saturated heterocycles. The maximum atomic E-state index is 6.16. The van der Waals surface area contributed by atoms with E-state index in [2.05, 4.69) is 19.7 Å².